The zero-order valence-electron chi connectivity index (χ0n) is 28.9. The molecule has 0 aliphatic heterocycles. The van der Waals surface area contributed by atoms with Crippen LogP contribution in [-0.2, 0) is 32.7 Å². The number of phosphoric ester groups is 1. The minimum Gasteiger partial charge on any atom is -0.462 e. The summed E-state index contributed by atoms with van der Waals surface area (Å²) in [4.78, 5) is 34.1. The number of phosphoric acid groups is 1. The summed E-state index contributed by atoms with van der Waals surface area (Å²) in [6.07, 6.45) is 43.5. The zero-order chi connectivity index (χ0) is 34.7. The van der Waals surface area contributed by atoms with E-state index in [-0.39, 0.29) is 19.4 Å². The van der Waals surface area contributed by atoms with Gasteiger partial charge < -0.3 is 14.4 Å². The Morgan fingerprint density at radius 2 is 1.09 bits per heavy atom. The second-order valence-corrected chi connectivity index (χ2v) is 12.1. The highest BCUT2D eigenvalue weighted by atomic mass is 31.2. The number of ether oxygens (including phenoxy) is 2. The van der Waals surface area contributed by atoms with Gasteiger partial charge in [0.25, 0.3) is 0 Å². The number of unbranched alkanes of at least 4 members (excludes halogenated alkanes) is 3. The molecule has 47 heavy (non-hydrogen) atoms. The van der Waals surface area contributed by atoms with Crippen molar-refractivity contribution < 1.29 is 37.6 Å². The lowest BCUT2D eigenvalue weighted by Gasteiger charge is -2.19. The van der Waals surface area contributed by atoms with Crippen molar-refractivity contribution in [3.05, 3.63) is 97.2 Å². The Bertz CT molecular complexity index is 1080. The Morgan fingerprint density at radius 3 is 1.57 bits per heavy atom. The van der Waals surface area contributed by atoms with Gasteiger partial charge in [-0.3, -0.25) is 18.6 Å². The summed E-state index contributed by atoms with van der Waals surface area (Å²) in [7, 11) is -3.26. The smallest absolute Gasteiger partial charge is 0.462 e. The van der Waals surface area contributed by atoms with Gasteiger partial charge in [-0.05, 0) is 70.6 Å². The monoisotopic (exact) mass is 674 g/mol. The molecule has 0 saturated heterocycles. The van der Waals surface area contributed by atoms with Gasteiger partial charge in [0, 0.05) is 13.5 Å². The highest BCUT2D eigenvalue weighted by molar-refractivity contribution is 7.47. The average molecular weight is 675 g/mol. The second-order valence-electron chi connectivity index (χ2n) is 10.5. The first kappa shape index (κ1) is 44.0. The van der Waals surface area contributed by atoms with Crippen LogP contribution >= 0.6 is 7.82 Å². The maximum atomic E-state index is 12.4. The summed E-state index contributed by atoms with van der Waals surface area (Å²) < 4.78 is 31.6. The summed E-state index contributed by atoms with van der Waals surface area (Å²) >= 11 is 0. The van der Waals surface area contributed by atoms with E-state index in [1.807, 2.05) is 12.2 Å². The van der Waals surface area contributed by atoms with Crippen molar-refractivity contribution in [2.24, 2.45) is 0 Å². The van der Waals surface area contributed by atoms with E-state index in [1.165, 1.54) is 0 Å². The van der Waals surface area contributed by atoms with Crippen LogP contribution in [0.1, 0.15) is 104 Å². The van der Waals surface area contributed by atoms with Crippen LogP contribution in [0, 0.1) is 0 Å². The molecule has 0 radical (unpaired) electrons. The van der Waals surface area contributed by atoms with E-state index in [1.54, 1.807) is 6.08 Å². The van der Waals surface area contributed by atoms with E-state index >= 15 is 0 Å². The van der Waals surface area contributed by atoms with Crippen molar-refractivity contribution in [2.75, 3.05) is 20.3 Å². The number of esters is 2. The highest BCUT2D eigenvalue weighted by Gasteiger charge is 2.24. The molecule has 8 nitrogen and oxygen atoms in total. The minimum atomic E-state index is -4.29. The van der Waals surface area contributed by atoms with Crippen LogP contribution < -0.4 is 0 Å². The topological polar surface area (TPSA) is 108 Å². The summed E-state index contributed by atoms with van der Waals surface area (Å²) in [6.45, 7) is 3.50. The number of hydrogen-bond acceptors (Lipinski definition) is 7. The van der Waals surface area contributed by atoms with Gasteiger partial charge in [-0.15, -0.1) is 0 Å². The minimum absolute atomic E-state index is 0.0000677. The quantitative estimate of drug-likeness (QED) is 0.0361. The molecule has 0 saturated carbocycles. The molecule has 0 bridgehead atoms. The molecule has 0 aliphatic carbocycles. The Labute approximate surface area is 284 Å². The van der Waals surface area contributed by atoms with Gasteiger partial charge in [0.05, 0.1) is 13.0 Å². The Morgan fingerprint density at radius 1 is 0.617 bits per heavy atom. The van der Waals surface area contributed by atoms with Crippen molar-refractivity contribution in [3.63, 3.8) is 0 Å². The standard InChI is InChI=1S/C38H59O8P/c1-4-6-8-10-12-14-16-18-19-21-23-25-27-29-31-33-38(40)46-36(35-45-47(41,42)43-3)34-44-37(39)32-30-28-26-24-22-20-17-15-13-11-9-7-5-2/h6-9,12-15,18-20,22-23,25,29,31,36H,4-5,10-11,16-17,21,24,26-28,30,32-35H2,1-3H3,(H,41,42)/b8-6-,9-7-,14-12-,15-13-,19-18-,22-20-,25-23-,31-29-. The fourth-order valence-electron chi connectivity index (χ4n) is 3.80. The molecule has 0 amide bonds. The van der Waals surface area contributed by atoms with E-state index in [0.29, 0.717) is 12.8 Å². The van der Waals surface area contributed by atoms with Gasteiger partial charge in [-0.2, -0.15) is 0 Å². The molecule has 0 aromatic carbocycles. The lowest BCUT2D eigenvalue weighted by Crippen LogP contribution is -2.29. The van der Waals surface area contributed by atoms with Crippen molar-refractivity contribution >= 4 is 19.8 Å². The molecule has 0 spiro atoms. The molecule has 0 fully saturated rings. The van der Waals surface area contributed by atoms with Crippen molar-refractivity contribution in [1.29, 1.82) is 0 Å². The van der Waals surface area contributed by atoms with Crippen LogP contribution in [0.2, 0.25) is 0 Å². The van der Waals surface area contributed by atoms with E-state index < -0.39 is 32.5 Å². The van der Waals surface area contributed by atoms with Crippen LogP contribution in [0.4, 0.5) is 0 Å². The molecule has 264 valence electrons. The Balaban J connectivity index is 4.35. The fourth-order valence-corrected chi connectivity index (χ4v) is 4.26. The van der Waals surface area contributed by atoms with E-state index in [9.17, 15) is 19.0 Å². The predicted molar refractivity (Wildman–Crippen MR) is 193 cm³/mol. The average Bonchev–Trinajstić information content (AvgIpc) is 3.06. The lowest BCUT2D eigenvalue weighted by molar-refractivity contribution is -0.160. The van der Waals surface area contributed by atoms with Gasteiger partial charge >= 0.3 is 19.8 Å². The molecule has 0 aromatic rings. The van der Waals surface area contributed by atoms with Crippen LogP contribution in [-0.4, -0.2) is 43.3 Å². The molecule has 1 N–H and O–H groups in total. The SMILES string of the molecule is CC/C=C\C/C=C\C/C=C\C/C=C\C/C=C\CC(=O)OC(COC(=O)CCCCC/C=C\C/C=C\C/C=C\CC)COP(=O)(O)OC. The molecule has 9 heteroatoms. The summed E-state index contributed by atoms with van der Waals surface area (Å²) in [5.74, 6) is -1.00. The largest absolute Gasteiger partial charge is 0.472 e. The third-order valence-corrected chi connectivity index (χ3v) is 7.29. The number of rotatable bonds is 29. The van der Waals surface area contributed by atoms with Crippen LogP contribution in [0.5, 0.6) is 0 Å². The third-order valence-electron chi connectivity index (χ3n) is 6.36. The van der Waals surface area contributed by atoms with Gasteiger partial charge in [-0.25, -0.2) is 4.57 Å². The predicted octanol–water partition coefficient (Wildman–Crippen LogP) is 10.2. The molecular formula is C38H59O8P. The Kier molecular flexibility index (Phi) is 30.8. The maximum absolute atomic E-state index is 12.4. The first-order valence-electron chi connectivity index (χ1n) is 16.9. The molecule has 0 aromatic heterocycles. The van der Waals surface area contributed by atoms with Crippen molar-refractivity contribution in [2.45, 2.75) is 110 Å². The third kappa shape index (κ3) is 32.7. The van der Waals surface area contributed by atoms with Gasteiger partial charge in [0.15, 0.2) is 6.10 Å². The fraction of sp³-hybridized carbons (Fsp3) is 0.526. The van der Waals surface area contributed by atoms with Gasteiger partial charge in [0.2, 0.25) is 0 Å². The molecule has 2 atom stereocenters. The summed E-state index contributed by atoms with van der Waals surface area (Å²) in [5.41, 5.74) is 0. The number of hydrogen-bond donors (Lipinski definition) is 1. The normalized spacial score (nSPS) is 14.7. The highest BCUT2D eigenvalue weighted by Crippen LogP contribution is 2.42. The number of carbonyl (C=O) groups excluding carboxylic acids is 2. The van der Waals surface area contributed by atoms with Gasteiger partial charge in [0.1, 0.15) is 6.61 Å². The van der Waals surface area contributed by atoms with E-state index in [0.717, 1.165) is 71.3 Å². The van der Waals surface area contributed by atoms with Crippen molar-refractivity contribution in [1.82, 2.24) is 0 Å². The molecule has 0 aliphatic rings. The summed E-state index contributed by atoms with van der Waals surface area (Å²) in [5, 5.41) is 0. The van der Waals surface area contributed by atoms with E-state index in [4.69, 9.17) is 14.0 Å². The van der Waals surface area contributed by atoms with Gasteiger partial charge in [-0.1, -0.05) is 117 Å². The molecule has 0 rings (SSSR count). The Hall–Kier alpha value is -3.03. The van der Waals surface area contributed by atoms with Crippen LogP contribution in [0.25, 0.3) is 0 Å². The number of carbonyl (C=O) groups is 2. The second kappa shape index (κ2) is 32.9. The van der Waals surface area contributed by atoms with Crippen LogP contribution in [0.3, 0.4) is 0 Å². The lowest BCUT2D eigenvalue weighted by atomic mass is 10.1. The zero-order valence-corrected chi connectivity index (χ0v) is 29.8. The summed E-state index contributed by atoms with van der Waals surface area (Å²) in [6, 6.07) is 0. The van der Waals surface area contributed by atoms with E-state index in [2.05, 4.69) is 97.4 Å². The van der Waals surface area contributed by atoms with Crippen LogP contribution in [0.15, 0.2) is 97.2 Å². The molecule has 2 unspecified atom stereocenters. The first-order valence-corrected chi connectivity index (χ1v) is 18.4. The maximum Gasteiger partial charge on any atom is 0.472 e. The number of allylic oxidation sites excluding steroid dienone is 15. The molecular weight excluding hydrogens is 615 g/mol. The molecule has 0 heterocycles. The first-order chi connectivity index (χ1) is 22.8. The van der Waals surface area contributed by atoms with Crippen molar-refractivity contribution in [3.8, 4) is 0 Å².